The molecular formula is C19H18BrFN2O4. The minimum atomic E-state index is -0.455. The van der Waals surface area contributed by atoms with Gasteiger partial charge in [0.1, 0.15) is 5.82 Å². The lowest BCUT2D eigenvalue weighted by molar-refractivity contribution is -0.116. The normalized spacial score (nSPS) is 11.0. The van der Waals surface area contributed by atoms with Gasteiger partial charge in [-0.2, -0.15) is 5.10 Å². The molecule has 0 aliphatic carbocycles. The van der Waals surface area contributed by atoms with Crippen LogP contribution in [-0.4, -0.2) is 33.5 Å². The zero-order valence-corrected chi connectivity index (χ0v) is 16.5. The number of amides is 1. The van der Waals surface area contributed by atoms with Gasteiger partial charge in [-0.15, -0.1) is 0 Å². The van der Waals surface area contributed by atoms with Crippen molar-refractivity contribution in [1.29, 1.82) is 0 Å². The van der Waals surface area contributed by atoms with E-state index in [1.54, 1.807) is 24.3 Å². The maximum absolute atomic E-state index is 13.1. The topological polar surface area (TPSA) is 69.2 Å². The van der Waals surface area contributed by atoms with Gasteiger partial charge in [0.15, 0.2) is 11.5 Å². The minimum absolute atomic E-state index is 0.377. The van der Waals surface area contributed by atoms with Crippen LogP contribution in [0.15, 0.2) is 46.0 Å². The second-order valence-electron chi connectivity index (χ2n) is 5.17. The van der Waals surface area contributed by atoms with Crippen LogP contribution < -0.4 is 19.6 Å². The van der Waals surface area contributed by atoms with Crippen LogP contribution in [0.3, 0.4) is 0 Å². The summed E-state index contributed by atoms with van der Waals surface area (Å²) in [5.41, 5.74) is 3.52. The largest absolute Gasteiger partial charge is 0.493 e. The summed E-state index contributed by atoms with van der Waals surface area (Å²) in [7, 11) is 4.52. The number of ether oxygens (including phenoxy) is 3. The van der Waals surface area contributed by atoms with E-state index in [2.05, 4.69) is 26.5 Å². The molecular weight excluding hydrogens is 419 g/mol. The van der Waals surface area contributed by atoms with Crippen molar-refractivity contribution in [1.82, 2.24) is 5.43 Å². The molecule has 142 valence electrons. The zero-order chi connectivity index (χ0) is 19.8. The van der Waals surface area contributed by atoms with Crippen LogP contribution >= 0.6 is 15.9 Å². The van der Waals surface area contributed by atoms with Crippen LogP contribution in [0, 0.1) is 5.82 Å². The Labute approximate surface area is 164 Å². The van der Waals surface area contributed by atoms with Gasteiger partial charge >= 0.3 is 0 Å². The number of hydrazone groups is 1. The Bertz CT molecular complexity index is 884. The first-order valence-corrected chi connectivity index (χ1v) is 8.54. The first-order valence-electron chi connectivity index (χ1n) is 7.75. The molecule has 8 heteroatoms. The highest BCUT2D eigenvalue weighted by Gasteiger charge is 2.17. The van der Waals surface area contributed by atoms with E-state index >= 15 is 0 Å². The monoisotopic (exact) mass is 436 g/mol. The quantitative estimate of drug-likeness (QED) is 0.407. The fraction of sp³-hybridized carbons (Fsp3) is 0.158. The number of nitrogens with zero attached hydrogens (tertiary/aromatic N) is 1. The van der Waals surface area contributed by atoms with Crippen LogP contribution in [0.4, 0.5) is 4.39 Å². The molecule has 0 heterocycles. The molecule has 2 rings (SSSR count). The Hall–Kier alpha value is -2.87. The molecule has 27 heavy (non-hydrogen) atoms. The van der Waals surface area contributed by atoms with Gasteiger partial charge in [-0.3, -0.25) is 4.79 Å². The van der Waals surface area contributed by atoms with Crippen molar-refractivity contribution < 1.29 is 23.4 Å². The highest BCUT2D eigenvalue weighted by atomic mass is 79.9. The van der Waals surface area contributed by atoms with Crippen molar-refractivity contribution >= 4 is 34.1 Å². The molecule has 6 nitrogen and oxygen atoms in total. The zero-order valence-electron chi connectivity index (χ0n) is 15.0. The van der Waals surface area contributed by atoms with E-state index in [4.69, 9.17) is 14.2 Å². The third-order valence-electron chi connectivity index (χ3n) is 3.45. The number of hydrogen-bond donors (Lipinski definition) is 1. The van der Waals surface area contributed by atoms with E-state index in [1.807, 2.05) is 0 Å². The molecule has 0 spiro atoms. The van der Waals surface area contributed by atoms with Crippen molar-refractivity contribution in [2.45, 2.75) is 0 Å². The third-order valence-corrected chi connectivity index (χ3v) is 4.27. The van der Waals surface area contributed by atoms with E-state index < -0.39 is 5.91 Å². The van der Waals surface area contributed by atoms with Gasteiger partial charge in [0.2, 0.25) is 5.75 Å². The highest BCUT2D eigenvalue weighted by Crippen LogP contribution is 2.45. The average Bonchev–Trinajstić information content (AvgIpc) is 2.66. The lowest BCUT2D eigenvalue weighted by Gasteiger charge is -2.15. The van der Waals surface area contributed by atoms with Gasteiger partial charge in [-0.1, -0.05) is 12.1 Å². The maximum Gasteiger partial charge on any atom is 0.264 e. The van der Waals surface area contributed by atoms with Gasteiger partial charge < -0.3 is 14.2 Å². The summed E-state index contributed by atoms with van der Waals surface area (Å²) in [6, 6.07) is 7.56. The molecule has 0 saturated carbocycles. The summed E-state index contributed by atoms with van der Waals surface area (Å²) in [5, 5.41) is 3.79. The number of benzene rings is 2. The predicted octanol–water partition coefficient (Wildman–Crippen LogP) is 3.78. The van der Waals surface area contributed by atoms with E-state index in [1.165, 1.54) is 45.8 Å². The van der Waals surface area contributed by atoms with Crippen molar-refractivity contribution in [3.05, 3.63) is 57.8 Å². The summed E-state index contributed by atoms with van der Waals surface area (Å²) in [6.07, 6.45) is 4.22. The van der Waals surface area contributed by atoms with Crippen molar-refractivity contribution in [3.63, 3.8) is 0 Å². The molecule has 0 aliphatic heterocycles. The number of nitrogens with one attached hydrogen (secondary N) is 1. The van der Waals surface area contributed by atoms with Crippen LogP contribution in [0.25, 0.3) is 6.08 Å². The Kier molecular flexibility index (Phi) is 7.36. The molecule has 1 amide bonds. The number of rotatable bonds is 7. The molecule has 0 unspecified atom stereocenters. The smallest absolute Gasteiger partial charge is 0.264 e. The molecule has 0 aliphatic rings. The molecule has 2 aromatic carbocycles. The van der Waals surface area contributed by atoms with Crippen LogP contribution in [0.2, 0.25) is 0 Å². The fourth-order valence-corrected chi connectivity index (χ4v) is 2.81. The standard InChI is InChI=1S/C19H18BrFN2O4/c1-25-15-10-13(17(20)19(27-3)18(15)26-2)7-8-16(24)23-22-11-12-5-4-6-14(21)9-12/h4-11H,1-3H3,(H,23,24)/b8-7+,22-11+. The molecule has 1 N–H and O–H groups in total. The second kappa shape index (κ2) is 9.72. The molecule has 0 aromatic heterocycles. The molecule has 0 fully saturated rings. The van der Waals surface area contributed by atoms with Gasteiger partial charge in [0.05, 0.1) is 32.0 Å². The molecule has 0 radical (unpaired) electrons. The Morgan fingerprint density at radius 3 is 2.52 bits per heavy atom. The summed E-state index contributed by atoms with van der Waals surface area (Å²) in [6.45, 7) is 0. The Morgan fingerprint density at radius 2 is 1.89 bits per heavy atom. The summed E-state index contributed by atoms with van der Waals surface area (Å²) in [4.78, 5) is 11.9. The fourth-order valence-electron chi connectivity index (χ4n) is 2.22. The van der Waals surface area contributed by atoms with Crippen LogP contribution in [-0.2, 0) is 4.79 Å². The van der Waals surface area contributed by atoms with E-state index in [0.29, 0.717) is 32.8 Å². The lowest BCUT2D eigenvalue weighted by Crippen LogP contribution is -2.14. The number of halogens is 2. The first-order chi connectivity index (χ1) is 13.0. The molecule has 0 bridgehead atoms. The maximum atomic E-state index is 13.1. The van der Waals surface area contributed by atoms with Gasteiger partial charge in [-0.25, -0.2) is 9.82 Å². The lowest BCUT2D eigenvalue weighted by atomic mass is 10.1. The minimum Gasteiger partial charge on any atom is -0.493 e. The predicted molar refractivity (Wildman–Crippen MR) is 105 cm³/mol. The Morgan fingerprint density at radius 1 is 1.15 bits per heavy atom. The van der Waals surface area contributed by atoms with E-state index in [-0.39, 0.29) is 5.82 Å². The average molecular weight is 437 g/mol. The van der Waals surface area contributed by atoms with E-state index in [0.717, 1.165) is 0 Å². The van der Waals surface area contributed by atoms with Gasteiger partial charge in [0.25, 0.3) is 5.91 Å². The van der Waals surface area contributed by atoms with Crippen molar-refractivity contribution in [3.8, 4) is 17.2 Å². The van der Waals surface area contributed by atoms with Crippen molar-refractivity contribution in [2.75, 3.05) is 21.3 Å². The molecule has 0 atom stereocenters. The van der Waals surface area contributed by atoms with Crippen molar-refractivity contribution in [2.24, 2.45) is 5.10 Å². The van der Waals surface area contributed by atoms with E-state index in [9.17, 15) is 9.18 Å². The number of carbonyl (C=O) groups is 1. The van der Waals surface area contributed by atoms with Crippen LogP contribution in [0.1, 0.15) is 11.1 Å². The van der Waals surface area contributed by atoms with Crippen LogP contribution in [0.5, 0.6) is 17.2 Å². The second-order valence-corrected chi connectivity index (χ2v) is 5.96. The summed E-state index contributed by atoms with van der Waals surface area (Å²) in [5.74, 6) is 0.511. The first kappa shape index (κ1) is 20.4. The summed E-state index contributed by atoms with van der Waals surface area (Å²) < 4.78 is 29.6. The number of hydrogen-bond acceptors (Lipinski definition) is 5. The highest BCUT2D eigenvalue weighted by molar-refractivity contribution is 9.10. The Balaban J connectivity index is 2.13. The number of carbonyl (C=O) groups excluding carboxylic acids is 1. The molecule has 2 aromatic rings. The van der Waals surface area contributed by atoms with Gasteiger partial charge in [0, 0.05) is 6.08 Å². The summed E-state index contributed by atoms with van der Waals surface area (Å²) >= 11 is 3.43. The molecule has 0 saturated heterocycles. The SMILES string of the molecule is COc1cc(/C=C/C(=O)N/N=C/c2cccc(F)c2)c(Br)c(OC)c1OC. The third kappa shape index (κ3) is 5.30. The van der Waals surface area contributed by atoms with Gasteiger partial charge in [-0.05, 0) is 51.3 Å². The number of methoxy groups -OCH3 is 3.